The zero-order valence-corrected chi connectivity index (χ0v) is 16.2. The summed E-state index contributed by atoms with van der Waals surface area (Å²) in [6.07, 6.45) is 4.85. The van der Waals surface area contributed by atoms with E-state index in [-0.39, 0.29) is 11.9 Å². The van der Waals surface area contributed by atoms with Crippen molar-refractivity contribution in [3.8, 4) is 0 Å². The van der Waals surface area contributed by atoms with Gasteiger partial charge in [0.1, 0.15) is 6.33 Å². The molecule has 0 radical (unpaired) electrons. The summed E-state index contributed by atoms with van der Waals surface area (Å²) in [7, 11) is 0. The van der Waals surface area contributed by atoms with Crippen molar-refractivity contribution in [3.05, 3.63) is 58.1 Å². The van der Waals surface area contributed by atoms with E-state index in [0.29, 0.717) is 29.6 Å². The van der Waals surface area contributed by atoms with Gasteiger partial charge in [-0.3, -0.25) is 4.79 Å². The van der Waals surface area contributed by atoms with Crippen LogP contribution < -0.4 is 5.32 Å². The molecule has 2 heterocycles. The van der Waals surface area contributed by atoms with Crippen molar-refractivity contribution >= 4 is 23.3 Å². The maximum absolute atomic E-state index is 12.6. The SMILES string of the molecule is Cc1nc2ncnn2c(C)c1CCC(=O)NC(c1ccc(Cl)cc1)C1CC1. The minimum atomic E-state index is 0.0549. The normalized spacial score (nSPS) is 15.1. The third-order valence-electron chi connectivity index (χ3n) is 5.23. The number of benzene rings is 1. The molecule has 1 fully saturated rings. The fraction of sp³-hybridized carbons (Fsp3) is 0.400. The highest BCUT2D eigenvalue weighted by molar-refractivity contribution is 6.30. The zero-order chi connectivity index (χ0) is 19.0. The Labute approximate surface area is 163 Å². The molecule has 1 atom stereocenters. The molecule has 0 bridgehead atoms. The van der Waals surface area contributed by atoms with Crippen molar-refractivity contribution in [1.29, 1.82) is 0 Å². The third kappa shape index (κ3) is 3.81. The molecule has 1 aromatic carbocycles. The molecule has 1 amide bonds. The molecule has 0 saturated heterocycles. The summed E-state index contributed by atoms with van der Waals surface area (Å²) in [4.78, 5) is 21.3. The van der Waals surface area contributed by atoms with Gasteiger partial charge in [0.15, 0.2) is 0 Å². The van der Waals surface area contributed by atoms with Gasteiger partial charge in [-0.2, -0.15) is 10.1 Å². The Morgan fingerprint density at radius 1 is 1.30 bits per heavy atom. The van der Waals surface area contributed by atoms with Crippen LogP contribution in [0.5, 0.6) is 0 Å². The number of nitrogens with zero attached hydrogens (tertiary/aromatic N) is 4. The first-order valence-electron chi connectivity index (χ1n) is 9.23. The molecule has 6 nitrogen and oxygen atoms in total. The fourth-order valence-corrected chi connectivity index (χ4v) is 3.70. The van der Waals surface area contributed by atoms with Crippen LogP contribution in [0.3, 0.4) is 0 Å². The van der Waals surface area contributed by atoms with Gasteiger partial charge in [0, 0.05) is 22.8 Å². The number of halogens is 1. The Kier molecular flexibility index (Phi) is 4.83. The predicted octanol–water partition coefficient (Wildman–Crippen LogP) is 3.59. The Bertz CT molecular complexity index is 978. The highest BCUT2D eigenvalue weighted by Crippen LogP contribution is 2.41. The molecule has 1 saturated carbocycles. The van der Waals surface area contributed by atoms with Gasteiger partial charge < -0.3 is 5.32 Å². The summed E-state index contributed by atoms with van der Waals surface area (Å²) in [5.41, 5.74) is 4.06. The van der Waals surface area contributed by atoms with E-state index in [4.69, 9.17) is 11.6 Å². The van der Waals surface area contributed by atoms with Crippen LogP contribution >= 0.6 is 11.6 Å². The van der Waals surface area contributed by atoms with Crippen molar-refractivity contribution in [3.63, 3.8) is 0 Å². The molecule has 4 rings (SSSR count). The second kappa shape index (κ2) is 7.27. The zero-order valence-electron chi connectivity index (χ0n) is 15.4. The Hall–Kier alpha value is -2.47. The first-order chi connectivity index (χ1) is 13.0. The van der Waals surface area contributed by atoms with E-state index in [1.54, 1.807) is 4.52 Å². The maximum atomic E-state index is 12.6. The van der Waals surface area contributed by atoms with E-state index in [1.165, 1.54) is 6.33 Å². The van der Waals surface area contributed by atoms with Crippen LogP contribution in [0.25, 0.3) is 5.78 Å². The number of aromatic nitrogens is 4. The third-order valence-corrected chi connectivity index (χ3v) is 5.48. The van der Waals surface area contributed by atoms with Crippen LogP contribution in [-0.4, -0.2) is 25.5 Å². The minimum absolute atomic E-state index is 0.0549. The molecule has 2 aromatic heterocycles. The number of amides is 1. The largest absolute Gasteiger partial charge is 0.349 e. The highest BCUT2D eigenvalue weighted by atomic mass is 35.5. The number of hydrogen-bond donors (Lipinski definition) is 1. The monoisotopic (exact) mass is 383 g/mol. The number of hydrogen-bond acceptors (Lipinski definition) is 4. The van der Waals surface area contributed by atoms with Crippen molar-refractivity contribution in [2.24, 2.45) is 5.92 Å². The van der Waals surface area contributed by atoms with Gasteiger partial charge >= 0.3 is 0 Å². The first-order valence-corrected chi connectivity index (χ1v) is 9.61. The van der Waals surface area contributed by atoms with Crippen LogP contribution in [0.1, 0.15) is 47.8 Å². The number of carbonyl (C=O) groups is 1. The quantitative estimate of drug-likeness (QED) is 0.706. The van der Waals surface area contributed by atoms with Gasteiger partial charge in [-0.1, -0.05) is 23.7 Å². The number of fused-ring (bicyclic) bond motifs is 1. The van der Waals surface area contributed by atoms with Crippen LogP contribution in [-0.2, 0) is 11.2 Å². The van der Waals surface area contributed by atoms with Gasteiger partial charge in [-0.15, -0.1) is 0 Å². The predicted molar refractivity (Wildman–Crippen MR) is 104 cm³/mol. The molecular weight excluding hydrogens is 362 g/mol. The van der Waals surface area contributed by atoms with E-state index >= 15 is 0 Å². The smallest absolute Gasteiger partial charge is 0.252 e. The highest BCUT2D eigenvalue weighted by Gasteiger charge is 2.33. The molecule has 1 unspecified atom stereocenters. The second-order valence-corrected chi connectivity index (χ2v) is 7.60. The number of nitrogens with one attached hydrogen (secondary N) is 1. The lowest BCUT2D eigenvalue weighted by Crippen LogP contribution is -2.30. The Morgan fingerprint density at radius 2 is 2.04 bits per heavy atom. The summed E-state index contributed by atoms with van der Waals surface area (Å²) in [5, 5.41) is 8.13. The Balaban J connectivity index is 1.45. The summed E-state index contributed by atoms with van der Waals surface area (Å²) < 4.78 is 1.72. The molecule has 7 heteroatoms. The van der Waals surface area contributed by atoms with Crippen molar-refractivity contribution in [1.82, 2.24) is 24.9 Å². The van der Waals surface area contributed by atoms with Gasteiger partial charge in [0.2, 0.25) is 5.91 Å². The van der Waals surface area contributed by atoms with Gasteiger partial charge in [0.25, 0.3) is 5.78 Å². The lowest BCUT2D eigenvalue weighted by molar-refractivity contribution is -0.122. The minimum Gasteiger partial charge on any atom is -0.349 e. The summed E-state index contributed by atoms with van der Waals surface area (Å²) >= 11 is 5.99. The van der Waals surface area contributed by atoms with E-state index in [0.717, 1.165) is 35.4 Å². The molecule has 140 valence electrons. The molecule has 1 aliphatic carbocycles. The summed E-state index contributed by atoms with van der Waals surface area (Å²) in [6, 6.07) is 7.83. The van der Waals surface area contributed by atoms with Gasteiger partial charge in [-0.05, 0) is 62.3 Å². The van der Waals surface area contributed by atoms with Crippen molar-refractivity contribution in [2.75, 3.05) is 0 Å². The molecule has 0 aliphatic heterocycles. The number of rotatable bonds is 6. The first kappa shape index (κ1) is 17.9. The van der Waals surface area contributed by atoms with E-state index in [2.05, 4.69) is 20.4 Å². The lowest BCUT2D eigenvalue weighted by atomic mass is 10.0. The second-order valence-electron chi connectivity index (χ2n) is 7.17. The van der Waals surface area contributed by atoms with Crippen LogP contribution in [0.4, 0.5) is 0 Å². The van der Waals surface area contributed by atoms with Crippen molar-refractivity contribution in [2.45, 2.75) is 45.6 Å². The lowest BCUT2D eigenvalue weighted by Gasteiger charge is -2.19. The van der Waals surface area contributed by atoms with Crippen LogP contribution in [0, 0.1) is 19.8 Å². The number of carbonyl (C=O) groups excluding carboxylic acids is 1. The molecule has 27 heavy (non-hydrogen) atoms. The fourth-order valence-electron chi connectivity index (χ4n) is 3.57. The number of aryl methyl sites for hydroxylation is 2. The van der Waals surface area contributed by atoms with Gasteiger partial charge in [0.05, 0.1) is 6.04 Å². The summed E-state index contributed by atoms with van der Waals surface area (Å²) in [6.45, 7) is 3.94. The van der Waals surface area contributed by atoms with Crippen molar-refractivity contribution < 1.29 is 4.79 Å². The average molecular weight is 384 g/mol. The average Bonchev–Trinajstić information content (AvgIpc) is 3.38. The molecular formula is C20H22ClN5O. The van der Waals surface area contributed by atoms with Crippen LogP contribution in [0.15, 0.2) is 30.6 Å². The van der Waals surface area contributed by atoms with E-state index < -0.39 is 0 Å². The summed E-state index contributed by atoms with van der Waals surface area (Å²) in [5.74, 6) is 1.17. The maximum Gasteiger partial charge on any atom is 0.252 e. The van der Waals surface area contributed by atoms with E-state index in [1.807, 2.05) is 38.1 Å². The Morgan fingerprint density at radius 3 is 2.74 bits per heavy atom. The molecule has 1 N–H and O–H groups in total. The van der Waals surface area contributed by atoms with Crippen LogP contribution in [0.2, 0.25) is 5.02 Å². The molecule has 0 spiro atoms. The molecule has 3 aromatic rings. The van der Waals surface area contributed by atoms with Gasteiger partial charge in [-0.25, -0.2) is 9.50 Å². The molecule has 1 aliphatic rings. The topological polar surface area (TPSA) is 72.2 Å². The standard InChI is InChI=1S/C20H22ClN5O/c1-12-17(13(2)26-20(24-12)22-11-23-26)9-10-18(27)25-19(14-3-4-14)15-5-7-16(21)8-6-15/h5-8,11,14,19H,3-4,9-10H2,1-2H3,(H,25,27). The van der Waals surface area contributed by atoms with E-state index in [9.17, 15) is 4.79 Å².